The maximum Gasteiger partial charge on any atom is 0.332 e. The fourth-order valence-electron chi connectivity index (χ4n) is 3.75. The van der Waals surface area contributed by atoms with Crippen LogP contribution in [0.15, 0.2) is 12.1 Å². The molecule has 2 fully saturated rings. The van der Waals surface area contributed by atoms with Crippen LogP contribution >= 0.6 is 0 Å². The van der Waals surface area contributed by atoms with Crippen LogP contribution in [0.25, 0.3) is 0 Å². The van der Waals surface area contributed by atoms with Gasteiger partial charge in [-0.15, -0.1) is 0 Å². The molecule has 0 spiro atoms. The molecule has 126 valence electrons. The van der Waals surface area contributed by atoms with E-state index in [4.69, 9.17) is 0 Å². The summed E-state index contributed by atoms with van der Waals surface area (Å²) in [5.41, 5.74) is 1.09. The van der Waals surface area contributed by atoms with Crippen molar-refractivity contribution >= 4 is 29.2 Å². The first-order chi connectivity index (χ1) is 11.6. The first-order valence-electron chi connectivity index (χ1n) is 8.33. The lowest BCUT2D eigenvalue weighted by Gasteiger charge is -2.21. The normalized spacial score (nSPS) is 23.7. The van der Waals surface area contributed by atoms with Gasteiger partial charge in [0.25, 0.3) is 5.91 Å². The number of anilines is 2. The number of carbonyl (C=O) groups excluding carboxylic acids is 3. The molecule has 4 amide bonds. The number of nitrogens with one attached hydrogen (secondary N) is 1. The predicted octanol–water partition coefficient (Wildman–Crippen LogP) is 2.42. The summed E-state index contributed by atoms with van der Waals surface area (Å²) in [4.78, 5) is 39.4. The Kier molecular flexibility index (Phi) is 3.51. The minimum absolute atomic E-state index is 0.0703. The van der Waals surface area contributed by atoms with E-state index >= 15 is 0 Å². The number of aryl methyl sites for hydroxylation is 1. The van der Waals surface area contributed by atoms with E-state index in [2.05, 4.69) is 5.32 Å². The highest BCUT2D eigenvalue weighted by molar-refractivity contribution is 6.21. The Bertz CT molecular complexity index is 725. The van der Waals surface area contributed by atoms with Gasteiger partial charge in [-0.1, -0.05) is 12.8 Å². The van der Waals surface area contributed by atoms with Crippen LogP contribution in [0.5, 0.6) is 0 Å². The summed E-state index contributed by atoms with van der Waals surface area (Å²) in [6.07, 6.45) is 4.11. The first kappa shape index (κ1) is 15.1. The molecule has 4 rings (SSSR count). The molecule has 0 radical (unpaired) electrons. The molecule has 1 atom stereocenters. The fourth-order valence-corrected chi connectivity index (χ4v) is 3.75. The van der Waals surface area contributed by atoms with Crippen molar-refractivity contribution in [3.05, 3.63) is 23.5 Å². The first-order valence-corrected chi connectivity index (χ1v) is 8.33. The molecular formula is C17H18FN3O3. The molecule has 3 aliphatic heterocycles. The zero-order chi connectivity index (χ0) is 16.8. The van der Waals surface area contributed by atoms with Crippen molar-refractivity contribution in [2.24, 2.45) is 0 Å². The highest BCUT2D eigenvalue weighted by atomic mass is 19.1. The third kappa shape index (κ3) is 2.26. The summed E-state index contributed by atoms with van der Waals surface area (Å²) in [6.45, 7) is 0.523. The summed E-state index contributed by atoms with van der Waals surface area (Å²) in [5, 5.41) is 2.68. The van der Waals surface area contributed by atoms with Crippen LogP contribution in [-0.2, 0) is 16.0 Å². The second kappa shape index (κ2) is 5.58. The number of halogens is 1. The summed E-state index contributed by atoms with van der Waals surface area (Å²) in [5.74, 6) is -1.12. The van der Waals surface area contributed by atoms with Crippen molar-refractivity contribution in [3.8, 4) is 0 Å². The summed E-state index contributed by atoms with van der Waals surface area (Å²) >= 11 is 0. The maximum atomic E-state index is 14.6. The van der Waals surface area contributed by atoms with Gasteiger partial charge in [-0.05, 0) is 37.0 Å². The Morgan fingerprint density at radius 1 is 1.08 bits per heavy atom. The molecule has 1 aromatic carbocycles. The smallest absolute Gasteiger partial charge is 0.326 e. The highest BCUT2D eigenvalue weighted by Crippen LogP contribution is 2.35. The van der Waals surface area contributed by atoms with Crippen molar-refractivity contribution < 1.29 is 18.8 Å². The summed E-state index contributed by atoms with van der Waals surface area (Å²) in [6, 6.07) is 1.76. The number of amides is 4. The molecule has 1 aromatic rings. The lowest BCUT2D eigenvalue weighted by molar-refractivity contribution is -0.120. The quantitative estimate of drug-likeness (QED) is 0.804. The maximum absolute atomic E-state index is 14.6. The summed E-state index contributed by atoms with van der Waals surface area (Å²) < 4.78 is 14.6. The van der Waals surface area contributed by atoms with Gasteiger partial charge in [0.1, 0.15) is 11.9 Å². The van der Waals surface area contributed by atoms with Gasteiger partial charge in [-0.3, -0.25) is 9.59 Å². The molecule has 7 heteroatoms. The number of benzene rings is 1. The van der Waals surface area contributed by atoms with Crippen LogP contribution in [0.1, 0.15) is 37.7 Å². The number of hydrogen-bond acceptors (Lipinski definition) is 3. The molecule has 0 saturated carbocycles. The van der Waals surface area contributed by atoms with E-state index in [0.717, 1.165) is 24.2 Å². The van der Waals surface area contributed by atoms with Gasteiger partial charge >= 0.3 is 6.03 Å². The molecule has 0 aromatic heterocycles. The average molecular weight is 331 g/mol. The van der Waals surface area contributed by atoms with Crippen molar-refractivity contribution in [1.29, 1.82) is 0 Å². The number of nitrogens with zero attached hydrogens (tertiary/aromatic N) is 2. The number of fused-ring (bicyclic) bond motifs is 2. The van der Waals surface area contributed by atoms with E-state index in [1.54, 1.807) is 4.90 Å². The van der Waals surface area contributed by atoms with E-state index in [0.29, 0.717) is 37.1 Å². The monoisotopic (exact) mass is 331 g/mol. The Balaban J connectivity index is 1.73. The average Bonchev–Trinajstić information content (AvgIpc) is 2.74. The van der Waals surface area contributed by atoms with Crippen LogP contribution < -0.4 is 10.2 Å². The van der Waals surface area contributed by atoms with Crippen LogP contribution in [0.3, 0.4) is 0 Å². The number of rotatable bonds is 1. The van der Waals surface area contributed by atoms with E-state index in [9.17, 15) is 18.8 Å². The van der Waals surface area contributed by atoms with Crippen molar-refractivity contribution in [2.45, 2.75) is 44.6 Å². The minimum Gasteiger partial charge on any atom is -0.326 e. The standard InChI is InChI=1S/C17H18FN3O3/c18-11-8-10-5-6-15(22)19-12(10)9-14(11)21-16(23)13-4-2-1-3-7-20(13)17(21)24/h8-9,13H,1-7H2,(H,19,22). The van der Waals surface area contributed by atoms with Crippen LogP contribution in [0.2, 0.25) is 0 Å². The van der Waals surface area contributed by atoms with Crippen LogP contribution in [-0.4, -0.2) is 35.3 Å². The number of urea groups is 1. The Morgan fingerprint density at radius 2 is 1.92 bits per heavy atom. The predicted molar refractivity (Wildman–Crippen MR) is 85.2 cm³/mol. The fraction of sp³-hybridized carbons (Fsp3) is 0.471. The van der Waals surface area contributed by atoms with Gasteiger partial charge in [0, 0.05) is 18.7 Å². The van der Waals surface area contributed by atoms with Crippen molar-refractivity contribution in [3.63, 3.8) is 0 Å². The molecule has 1 unspecified atom stereocenters. The minimum atomic E-state index is -0.607. The molecule has 0 aliphatic carbocycles. The Hall–Kier alpha value is -2.44. The van der Waals surface area contributed by atoms with Gasteiger partial charge < -0.3 is 10.2 Å². The van der Waals surface area contributed by atoms with Gasteiger partial charge in [-0.25, -0.2) is 14.1 Å². The van der Waals surface area contributed by atoms with Gasteiger partial charge in [0.05, 0.1) is 5.69 Å². The van der Waals surface area contributed by atoms with Crippen molar-refractivity contribution in [1.82, 2.24) is 4.90 Å². The number of carbonyl (C=O) groups is 3. The Labute approximate surface area is 138 Å². The molecular weight excluding hydrogens is 313 g/mol. The van der Waals surface area contributed by atoms with Gasteiger partial charge in [0.15, 0.2) is 0 Å². The third-order valence-electron chi connectivity index (χ3n) is 5.00. The molecule has 1 N–H and O–H groups in total. The topological polar surface area (TPSA) is 69.7 Å². The molecule has 3 heterocycles. The molecule has 2 saturated heterocycles. The molecule has 6 nitrogen and oxygen atoms in total. The molecule has 3 aliphatic rings. The van der Waals surface area contributed by atoms with E-state index in [-0.39, 0.29) is 17.5 Å². The number of hydrogen-bond donors (Lipinski definition) is 1. The van der Waals surface area contributed by atoms with Crippen LogP contribution in [0.4, 0.5) is 20.6 Å². The second-order valence-corrected chi connectivity index (χ2v) is 6.52. The third-order valence-corrected chi connectivity index (χ3v) is 5.00. The zero-order valence-corrected chi connectivity index (χ0v) is 13.2. The summed E-state index contributed by atoms with van der Waals surface area (Å²) in [7, 11) is 0. The van der Waals surface area contributed by atoms with Crippen molar-refractivity contribution in [2.75, 3.05) is 16.8 Å². The highest BCUT2D eigenvalue weighted by Gasteiger charge is 2.46. The van der Waals surface area contributed by atoms with Gasteiger partial charge in [0.2, 0.25) is 5.91 Å². The lowest BCUT2D eigenvalue weighted by atomic mass is 10.0. The van der Waals surface area contributed by atoms with E-state index in [1.165, 1.54) is 12.1 Å². The largest absolute Gasteiger partial charge is 0.332 e. The van der Waals surface area contributed by atoms with E-state index < -0.39 is 17.9 Å². The second-order valence-electron chi connectivity index (χ2n) is 6.52. The molecule has 24 heavy (non-hydrogen) atoms. The number of imide groups is 1. The van der Waals surface area contributed by atoms with Gasteiger partial charge in [-0.2, -0.15) is 0 Å². The zero-order valence-electron chi connectivity index (χ0n) is 13.2. The SMILES string of the molecule is O=C1CCc2cc(F)c(N3C(=O)C4CCCCCN4C3=O)cc2N1. The van der Waals surface area contributed by atoms with Crippen LogP contribution in [0, 0.1) is 5.82 Å². The Morgan fingerprint density at radius 3 is 2.75 bits per heavy atom. The van der Waals surface area contributed by atoms with E-state index in [1.807, 2.05) is 0 Å². The lowest BCUT2D eigenvalue weighted by Crippen LogP contribution is -2.35. The molecule has 0 bridgehead atoms.